The van der Waals surface area contributed by atoms with E-state index < -0.39 is 42.7 Å². The van der Waals surface area contributed by atoms with E-state index in [-0.39, 0.29) is 5.56 Å². The molecule has 1 rings (SSSR count). The molecule has 0 saturated carbocycles. The zero-order valence-electron chi connectivity index (χ0n) is 10.7. The first kappa shape index (κ1) is 20.0. The maximum atomic E-state index is 13.3. The number of aryl methyl sites for hydroxylation is 1. The van der Waals surface area contributed by atoms with E-state index in [1.54, 1.807) is 0 Å². The van der Waals surface area contributed by atoms with Gasteiger partial charge in [0.2, 0.25) is 0 Å². The van der Waals surface area contributed by atoms with Gasteiger partial charge in [-0.2, -0.15) is 59.6 Å². The summed E-state index contributed by atoms with van der Waals surface area (Å²) in [6.07, 6.45) is -10.1. The molecular weight excluding hydrogens is 373 g/mol. The van der Waals surface area contributed by atoms with Crippen molar-refractivity contribution >= 4 is 11.3 Å². The normalized spacial score (nSPS) is 15.1. The predicted octanol–water partition coefficient (Wildman–Crippen LogP) is 5.78. The lowest BCUT2D eigenvalue weighted by Gasteiger charge is -2.37. The highest BCUT2D eigenvalue weighted by molar-refractivity contribution is 7.07. The van der Waals surface area contributed by atoms with Crippen LogP contribution >= 0.6 is 11.3 Å². The van der Waals surface area contributed by atoms with Crippen LogP contribution in [0.2, 0.25) is 0 Å². The number of alkyl halides is 11. The van der Waals surface area contributed by atoms with E-state index in [0.29, 0.717) is 0 Å². The fourth-order valence-corrected chi connectivity index (χ4v) is 2.20. The van der Waals surface area contributed by atoms with Gasteiger partial charge >= 0.3 is 29.9 Å². The molecular formula is C11H7F11S. The Morgan fingerprint density at radius 1 is 0.739 bits per heavy atom. The maximum absolute atomic E-state index is 13.3. The van der Waals surface area contributed by atoms with Crippen LogP contribution in [-0.4, -0.2) is 29.9 Å². The number of hydrogen-bond acceptors (Lipinski definition) is 1. The third-order valence-corrected chi connectivity index (χ3v) is 3.64. The minimum absolute atomic E-state index is 0.0244. The summed E-state index contributed by atoms with van der Waals surface area (Å²) >= 11 is 0.962. The average molecular weight is 380 g/mol. The summed E-state index contributed by atoms with van der Waals surface area (Å²) in [5, 5.41) is 2.55. The van der Waals surface area contributed by atoms with Gasteiger partial charge in [0.1, 0.15) is 0 Å². The Balaban J connectivity index is 3.10. The quantitative estimate of drug-likeness (QED) is 0.549. The first-order valence-corrected chi connectivity index (χ1v) is 6.61. The lowest BCUT2D eigenvalue weighted by molar-refractivity contribution is -0.422. The van der Waals surface area contributed by atoms with E-state index in [0.717, 1.165) is 11.3 Å². The summed E-state index contributed by atoms with van der Waals surface area (Å²) in [5.41, 5.74) is 0.0244. The molecule has 0 saturated heterocycles. The van der Waals surface area contributed by atoms with Gasteiger partial charge in [0, 0.05) is 6.42 Å². The highest BCUT2D eigenvalue weighted by atomic mass is 32.1. The Hall–Kier alpha value is -1.07. The van der Waals surface area contributed by atoms with Crippen LogP contribution in [0.25, 0.3) is 0 Å². The van der Waals surface area contributed by atoms with Gasteiger partial charge in [-0.3, -0.25) is 0 Å². The van der Waals surface area contributed by atoms with E-state index in [1.807, 2.05) is 0 Å². The summed E-state index contributed by atoms with van der Waals surface area (Å²) in [5.74, 6) is -27.3. The van der Waals surface area contributed by atoms with Gasteiger partial charge < -0.3 is 0 Å². The predicted molar refractivity (Wildman–Crippen MR) is 58.5 cm³/mol. The van der Waals surface area contributed by atoms with Crippen molar-refractivity contribution in [2.45, 2.75) is 42.7 Å². The zero-order chi connectivity index (χ0) is 18.3. The summed E-state index contributed by atoms with van der Waals surface area (Å²) in [6.45, 7) is 0. The van der Waals surface area contributed by atoms with Crippen LogP contribution in [0.4, 0.5) is 48.3 Å². The molecule has 0 aliphatic carbocycles. The van der Waals surface area contributed by atoms with Crippen molar-refractivity contribution in [2.75, 3.05) is 0 Å². The third kappa shape index (κ3) is 3.26. The molecule has 0 nitrogen and oxygen atoms in total. The van der Waals surface area contributed by atoms with Crippen LogP contribution in [0.15, 0.2) is 16.8 Å². The van der Waals surface area contributed by atoms with Gasteiger partial charge in [0.05, 0.1) is 0 Å². The second kappa shape index (κ2) is 5.78. The van der Waals surface area contributed by atoms with Crippen LogP contribution in [0.3, 0.4) is 0 Å². The highest BCUT2D eigenvalue weighted by Crippen LogP contribution is 2.58. The molecule has 1 aromatic heterocycles. The number of thiophene rings is 1. The van der Waals surface area contributed by atoms with Crippen molar-refractivity contribution in [1.29, 1.82) is 0 Å². The number of rotatable bonds is 6. The van der Waals surface area contributed by atoms with E-state index in [9.17, 15) is 48.3 Å². The number of hydrogen-bond donors (Lipinski definition) is 0. The molecule has 0 unspecified atom stereocenters. The fourth-order valence-electron chi connectivity index (χ4n) is 1.50. The molecule has 0 aliphatic heterocycles. The van der Waals surface area contributed by atoms with Gasteiger partial charge in [-0.05, 0) is 28.8 Å². The lowest BCUT2D eigenvalue weighted by atomic mass is 9.94. The second-order valence-electron chi connectivity index (χ2n) is 4.56. The van der Waals surface area contributed by atoms with Crippen LogP contribution in [-0.2, 0) is 6.42 Å². The molecule has 12 heteroatoms. The van der Waals surface area contributed by atoms with Gasteiger partial charge in [0.25, 0.3) is 0 Å². The monoisotopic (exact) mass is 380 g/mol. The van der Waals surface area contributed by atoms with Gasteiger partial charge in [-0.15, -0.1) is 0 Å². The summed E-state index contributed by atoms with van der Waals surface area (Å²) in [6, 6.07) is 1.18. The molecule has 1 aromatic rings. The second-order valence-corrected chi connectivity index (χ2v) is 5.34. The van der Waals surface area contributed by atoms with Gasteiger partial charge in [-0.1, -0.05) is 0 Å². The van der Waals surface area contributed by atoms with Crippen molar-refractivity contribution in [1.82, 2.24) is 0 Å². The molecule has 0 aliphatic rings. The Kier molecular flexibility index (Phi) is 5.02. The maximum Gasteiger partial charge on any atom is 0.460 e. The molecule has 134 valence electrons. The molecule has 0 atom stereocenters. The lowest BCUT2D eigenvalue weighted by Crippen LogP contribution is -2.66. The van der Waals surface area contributed by atoms with Crippen molar-refractivity contribution in [3.05, 3.63) is 22.4 Å². The molecule has 23 heavy (non-hydrogen) atoms. The molecule has 0 amide bonds. The standard InChI is InChI=1S/C11H7F11S/c12-7(13,3-1-6-2-4-23-5-6)8(14,15)9(16,17)10(18,19)11(20,21)22/h2,4-5H,1,3H2. The Labute approximate surface area is 125 Å². The third-order valence-electron chi connectivity index (χ3n) is 2.91. The smallest absolute Gasteiger partial charge is 0.200 e. The molecule has 0 radical (unpaired) electrons. The molecule has 1 heterocycles. The Morgan fingerprint density at radius 3 is 1.65 bits per heavy atom. The van der Waals surface area contributed by atoms with Crippen LogP contribution in [0.5, 0.6) is 0 Å². The zero-order valence-corrected chi connectivity index (χ0v) is 11.5. The van der Waals surface area contributed by atoms with Crippen LogP contribution < -0.4 is 0 Å². The molecule has 0 N–H and O–H groups in total. The first-order chi connectivity index (χ1) is 10.1. The summed E-state index contributed by atoms with van der Waals surface area (Å²) < 4.78 is 139. The van der Waals surface area contributed by atoms with Crippen molar-refractivity contribution in [2.24, 2.45) is 0 Å². The Bertz CT molecular complexity index is 515. The number of halogens is 11. The minimum atomic E-state index is -7.32. The largest absolute Gasteiger partial charge is 0.460 e. The SMILES string of the molecule is FC(F)(F)C(F)(F)C(F)(F)C(F)(F)C(F)(F)CCc1ccsc1. The highest BCUT2D eigenvalue weighted by Gasteiger charge is 2.86. The van der Waals surface area contributed by atoms with Gasteiger partial charge in [-0.25, -0.2) is 0 Å². The van der Waals surface area contributed by atoms with E-state index >= 15 is 0 Å². The minimum Gasteiger partial charge on any atom is -0.200 e. The molecule has 0 fully saturated rings. The topological polar surface area (TPSA) is 0 Å². The Morgan fingerprint density at radius 2 is 1.26 bits per heavy atom. The average Bonchev–Trinajstić information content (AvgIpc) is 2.87. The van der Waals surface area contributed by atoms with Crippen molar-refractivity contribution in [3.63, 3.8) is 0 Å². The van der Waals surface area contributed by atoms with E-state index in [2.05, 4.69) is 0 Å². The molecule has 0 spiro atoms. The molecule has 0 aromatic carbocycles. The van der Waals surface area contributed by atoms with Crippen LogP contribution in [0.1, 0.15) is 12.0 Å². The fraction of sp³-hybridized carbons (Fsp3) is 0.636. The first-order valence-electron chi connectivity index (χ1n) is 5.67. The van der Waals surface area contributed by atoms with Crippen molar-refractivity contribution in [3.8, 4) is 0 Å². The van der Waals surface area contributed by atoms with Gasteiger partial charge in [0.15, 0.2) is 0 Å². The van der Waals surface area contributed by atoms with E-state index in [1.165, 1.54) is 16.8 Å². The summed E-state index contributed by atoms with van der Waals surface area (Å²) in [4.78, 5) is 0. The van der Waals surface area contributed by atoms with Crippen molar-refractivity contribution < 1.29 is 48.3 Å². The molecule has 0 bridgehead atoms. The van der Waals surface area contributed by atoms with Crippen LogP contribution in [0, 0.1) is 0 Å². The summed E-state index contributed by atoms with van der Waals surface area (Å²) in [7, 11) is 0. The van der Waals surface area contributed by atoms with E-state index in [4.69, 9.17) is 0 Å².